The molecule has 0 radical (unpaired) electrons. The van der Waals surface area contributed by atoms with Crippen LogP contribution in [0, 0.1) is 5.92 Å². The number of amides is 1. The quantitative estimate of drug-likeness (QED) is 0.330. The summed E-state index contributed by atoms with van der Waals surface area (Å²) in [4.78, 5) is 23.7. The molecule has 1 heterocycles. The predicted octanol–water partition coefficient (Wildman–Crippen LogP) is 1.13. The molecule has 0 aromatic heterocycles. The van der Waals surface area contributed by atoms with Crippen molar-refractivity contribution in [2.75, 3.05) is 13.2 Å². The molecule has 22 heavy (non-hydrogen) atoms. The monoisotopic (exact) mass is 345 g/mol. The van der Waals surface area contributed by atoms with E-state index >= 15 is 0 Å². The summed E-state index contributed by atoms with van der Waals surface area (Å²) in [7, 11) is -5.93. The maximum Gasteiger partial charge on any atom is 0.534 e. The number of carbonyl (C=O) groups is 2. The summed E-state index contributed by atoms with van der Waals surface area (Å²) in [5.74, 6) is -3.65. The third-order valence-electron chi connectivity index (χ3n) is 2.63. The van der Waals surface area contributed by atoms with Gasteiger partial charge in [0, 0.05) is 6.54 Å². The van der Waals surface area contributed by atoms with E-state index in [0.717, 1.165) is 6.08 Å². The standard InChI is InChI=1S/C11H14F3NO6S/c1-3-20-10(17)9(16)15-6-7(2)4-5-8(15)21-22(18,19)11(12,13)14/h5,7H,3-4,6H2,1-2H3. The Balaban J connectivity index is 3.05. The molecule has 0 spiro atoms. The van der Waals surface area contributed by atoms with Crippen LogP contribution in [0.25, 0.3) is 0 Å². The number of halogens is 3. The SMILES string of the molecule is CCOC(=O)C(=O)N1CC(C)CC=C1OS(=O)(=O)C(F)(F)F. The third-order valence-corrected chi connectivity index (χ3v) is 3.59. The lowest BCUT2D eigenvalue weighted by Gasteiger charge is -2.30. The molecule has 1 rings (SSSR count). The van der Waals surface area contributed by atoms with E-state index in [1.165, 1.54) is 6.92 Å². The molecular formula is C11H14F3NO6S. The van der Waals surface area contributed by atoms with E-state index in [2.05, 4.69) is 8.92 Å². The molecule has 11 heteroatoms. The minimum Gasteiger partial charge on any atom is -0.459 e. The lowest BCUT2D eigenvalue weighted by Crippen LogP contribution is -2.43. The maximum atomic E-state index is 12.3. The highest BCUT2D eigenvalue weighted by Gasteiger charge is 2.50. The Morgan fingerprint density at radius 2 is 2.00 bits per heavy atom. The fraction of sp³-hybridized carbons (Fsp3) is 0.636. The van der Waals surface area contributed by atoms with Gasteiger partial charge in [-0.3, -0.25) is 9.69 Å². The topological polar surface area (TPSA) is 90.0 Å². The van der Waals surface area contributed by atoms with Crippen LogP contribution in [-0.2, 0) is 28.6 Å². The molecule has 1 aliphatic rings. The molecule has 0 bridgehead atoms. The Morgan fingerprint density at radius 3 is 2.50 bits per heavy atom. The van der Waals surface area contributed by atoms with Crippen molar-refractivity contribution in [3.63, 3.8) is 0 Å². The van der Waals surface area contributed by atoms with Crippen molar-refractivity contribution in [2.45, 2.75) is 25.8 Å². The van der Waals surface area contributed by atoms with Gasteiger partial charge in [-0.25, -0.2) is 4.79 Å². The maximum absolute atomic E-state index is 12.3. The van der Waals surface area contributed by atoms with Gasteiger partial charge < -0.3 is 8.92 Å². The zero-order valence-corrected chi connectivity index (χ0v) is 12.5. The molecule has 1 aliphatic heterocycles. The molecule has 0 saturated heterocycles. The fourth-order valence-corrected chi connectivity index (χ4v) is 2.09. The zero-order chi connectivity index (χ0) is 17.1. The molecule has 7 nitrogen and oxygen atoms in total. The van der Waals surface area contributed by atoms with Crippen molar-refractivity contribution in [3.05, 3.63) is 12.0 Å². The Kier molecular flexibility index (Phi) is 5.44. The van der Waals surface area contributed by atoms with Crippen LogP contribution in [0.1, 0.15) is 20.3 Å². The zero-order valence-electron chi connectivity index (χ0n) is 11.7. The second-order valence-corrected chi connectivity index (χ2v) is 6.04. The Morgan fingerprint density at radius 1 is 1.41 bits per heavy atom. The van der Waals surface area contributed by atoms with Crippen molar-refractivity contribution >= 4 is 22.0 Å². The average molecular weight is 345 g/mol. The molecule has 0 fully saturated rings. The molecule has 0 N–H and O–H groups in total. The van der Waals surface area contributed by atoms with Gasteiger partial charge in [0.05, 0.1) is 6.61 Å². The number of ether oxygens (including phenoxy) is 1. The van der Waals surface area contributed by atoms with Gasteiger partial charge in [-0.05, 0) is 25.3 Å². The predicted molar refractivity (Wildman–Crippen MR) is 66.3 cm³/mol. The number of hydrogen-bond acceptors (Lipinski definition) is 6. The molecule has 0 aliphatic carbocycles. The van der Waals surface area contributed by atoms with Crippen LogP contribution in [0.15, 0.2) is 12.0 Å². The number of rotatable bonds is 3. The molecule has 1 amide bonds. The van der Waals surface area contributed by atoms with Crippen LogP contribution in [-0.4, -0.2) is 43.9 Å². The summed E-state index contributed by atoms with van der Waals surface area (Å²) in [5, 5.41) is 0. The Bertz CT molecular complexity index is 583. The summed E-state index contributed by atoms with van der Waals surface area (Å²) in [6, 6.07) is 0. The van der Waals surface area contributed by atoms with Gasteiger partial charge in [0.1, 0.15) is 0 Å². The van der Waals surface area contributed by atoms with E-state index in [1.807, 2.05) is 0 Å². The highest BCUT2D eigenvalue weighted by atomic mass is 32.2. The van der Waals surface area contributed by atoms with Crippen molar-refractivity contribution in [2.24, 2.45) is 5.92 Å². The molecular weight excluding hydrogens is 331 g/mol. The first-order chi connectivity index (χ1) is 9.99. The van der Waals surface area contributed by atoms with Crippen molar-refractivity contribution in [1.29, 1.82) is 0 Å². The van der Waals surface area contributed by atoms with Crippen LogP contribution >= 0.6 is 0 Å². The highest BCUT2D eigenvalue weighted by molar-refractivity contribution is 7.87. The summed E-state index contributed by atoms with van der Waals surface area (Å²) < 4.78 is 67.5. The van der Waals surface area contributed by atoms with Gasteiger partial charge in [-0.1, -0.05) is 6.92 Å². The van der Waals surface area contributed by atoms with E-state index < -0.39 is 33.4 Å². The molecule has 126 valence electrons. The van der Waals surface area contributed by atoms with Crippen molar-refractivity contribution < 1.29 is 40.1 Å². The van der Waals surface area contributed by atoms with Gasteiger partial charge >= 0.3 is 27.5 Å². The molecule has 0 aromatic rings. The number of allylic oxidation sites excluding steroid dienone is 1. The lowest BCUT2D eigenvalue weighted by molar-refractivity contribution is -0.160. The van der Waals surface area contributed by atoms with E-state index in [0.29, 0.717) is 4.90 Å². The Hall–Kier alpha value is -1.78. The van der Waals surface area contributed by atoms with Crippen molar-refractivity contribution in [3.8, 4) is 0 Å². The summed E-state index contributed by atoms with van der Waals surface area (Å²) >= 11 is 0. The number of alkyl halides is 3. The molecule has 1 atom stereocenters. The van der Waals surface area contributed by atoms with E-state index in [9.17, 15) is 31.2 Å². The number of carbonyl (C=O) groups excluding carboxylic acids is 2. The molecule has 0 saturated carbocycles. The third kappa shape index (κ3) is 4.12. The normalized spacial score (nSPS) is 19.4. The van der Waals surface area contributed by atoms with Crippen LogP contribution < -0.4 is 0 Å². The van der Waals surface area contributed by atoms with Crippen LogP contribution in [0.2, 0.25) is 0 Å². The van der Waals surface area contributed by atoms with E-state index in [1.54, 1.807) is 6.92 Å². The first kappa shape index (κ1) is 18.3. The van der Waals surface area contributed by atoms with Crippen LogP contribution in [0.4, 0.5) is 13.2 Å². The highest BCUT2D eigenvalue weighted by Crippen LogP contribution is 2.30. The van der Waals surface area contributed by atoms with Gasteiger partial charge in [-0.15, -0.1) is 0 Å². The van der Waals surface area contributed by atoms with E-state index in [4.69, 9.17) is 0 Å². The number of nitrogens with zero attached hydrogens (tertiary/aromatic N) is 1. The minimum atomic E-state index is -5.93. The van der Waals surface area contributed by atoms with Crippen molar-refractivity contribution in [1.82, 2.24) is 4.90 Å². The fourth-order valence-electron chi connectivity index (χ4n) is 1.61. The number of esters is 1. The van der Waals surface area contributed by atoms with Crippen LogP contribution in [0.5, 0.6) is 0 Å². The Labute approximate surface area is 124 Å². The first-order valence-electron chi connectivity index (χ1n) is 6.19. The van der Waals surface area contributed by atoms with Gasteiger partial charge in [0.15, 0.2) is 0 Å². The number of hydrogen-bond donors (Lipinski definition) is 0. The molecule has 0 aromatic carbocycles. The summed E-state index contributed by atoms with van der Waals surface area (Å²) in [5.41, 5.74) is -5.64. The summed E-state index contributed by atoms with van der Waals surface area (Å²) in [6.45, 7) is 2.81. The largest absolute Gasteiger partial charge is 0.534 e. The summed E-state index contributed by atoms with van der Waals surface area (Å²) in [6.07, 6.45) is 1.20. The van der Waals surface area contributed by atoms with E-state index in [-0.39, 0.29) is 25.5 Å². The average Bonchev–Trinajstić information content (AvgIpc) is 2.38. The second kappa shape index (κ2) is 6.55. The van der Waals surface area contributed by atoms with Gasteiger partial charge in [0.25, 0.3) is 0 Å². The minimum absolute atomic E-state index is 0.116. The first-order valence-corrected chi connectivity index (χ1v) is 7.60. The lowest BCUT2D eigenvalue weighted by atomic mass is 10.0. The second-order valence-electron chi connectivity index (χ2n) is 4.50. The van der Waals surface area contributed by atoms with Gasteiger partial charge in [-0.2, -0.15) is 21.6 Å². The molecule has 1 unspecified atom stereocenters. The smallest absolute Gasteiger partial charge is 0.459 e. The van der Waals surface area contributed by atoms with Gasteiger partial charge in [0.2, 0.25) is 5.88 Å². The van der Waals surface area contributed by atoms with Crippen LogP contribution in [0.3, 0.4) is 0 Å².